The molecule has 3 heterocycles. The van der Waals surface area contributed by atoms with Crippen molar-refractivity contribution in [3.8, 4) is 16.3 Å². The van der Waals surface area contributed by atoms with Crippen LogP contribution in [0.4, 0.5) is 0 Å². The largest absolute Gasteiger partial charge is 0.488 e. The third-order valence-electron chi connectivity index (χ3n) is 6.19. The van der Waals surface area contributed by atoms with E-state index in [-0.39, 0.29) is 22.7 Å². The summed E-state index contributed by atoms with van der Waals surface area (Å²) < 4.78 is 6.09. The monoisotopic (exact) mass is 521 g/mol. The van der Waals surface area contributed by atoms with Crippen molar-refractivity contribution in [2.24, 2.45) is 0 Å². The Hall–Kier alpha value is -3.34. The van der Waals surface area contributed by atoms with Gasteiger partial charge in [-0.15, -0.1) is 11.3 Å². The van der Waals surface area contributed by atoms with Gasteiger partial charge >= 0.3 is 4.87 Å². The average Bonchev–Trinajstić information content (AvgIpc) is 3.61. The lowest BCUT2D eigenvalue weighted by atomic mass is 10.0. The fourth-order valence-electron chi connectivity index (χ4n) is 4.40. The van der Waals surface area contributed by atoms with E-state index in [0.29, 0.717) is 24.5 Å². The summed E-state index contributed by atoms with van der Waals surface area (Å²) in [5.41, 5.74) is 2.66. The zero-order valence-electron chi connectivity index (χ0n) is 20.1. The van der Waals surface area contributed by atoms with Gasteiger partial charge in [-0.2, -0.15) is 5.10 Å². The lowest BCUT2D eigenvalue weighted by Crippen LogP contribution is -2.39. The van der Waals surface area contributed by atoms with E-state index >= 15 is 0 Å². The molecule has 1 fully saturated rings. The molecule has 0 spiro atoms. The molecule has 0 aliphatic carbocycles. The van der Waals surface area contributed by atoms with E-state index in [1.165, 1.54) is 0 Å². The van der Waals surface area contributed by atoms with Crippen LogP contribution in [0.15, 0.2) is 59.4 Å². The number of nitrogens with one attached hydrogen (secondary N) is 2. The number of hydrogen-bond donors (Lipinski definition) is 2. The first kappa shape index (κ1) is 24.4. The van der Waals surface area contributed by atoms with Gasteiger partial charge in [0, 0.05) is 30.1 Å². The summed E-state index contributed by atoms with van der Waals surface area (Å²) in [6, 6.07) is 17.2. The van der Waals surface area contributed by atoms with Gasteiger partial charge in [0.2, 0.25) is 0 Å². The lowest BCUT2D eigenvalue weighted by molar-refractivity contribution is 0.0935. The molecule has 2 atom stereocenters. The minimum atomic E-state index is -0.183. The minimum Gasteiger partial charge on any atom is -0.488 e. The van der Waals surface area contributed by atoms with Crippen molar-refractivity contribution in [1.29, 1.82) is 0 Å². The van der Waals surface area contributed by atoms with Crippen molar-refractivity contribution in [1.82, 2.24) is 25.4 Å². The number of likely N-dealkylation sites (tertiary alicyclic amines) is 1. The van der Waals surface area contributed by atoms with Gasteiger partial charge in [0.25, 0.3) is 5.91 Å². The Balaban J connectivity index is 1.26. The molecule has 1 aliphatic rings. The maximum Gasteiger partial charge on any atom is 0.322 e. The van der Waals surface area contributed by atoms with Crippen LogP contribution < -0.4 is 14.9 Å². The van der Waals surface area contributed by atoms with E-state index < -0.39 is 0 Å². The van der Waals surface area contributed by atoms with Crippen molar-refractivity contribution >= 4 is 28.6 Å². The minimum absolute atomic E-state index is 0.0278. The van der Waals surface area contributed by atoms with Gasteiger partial charge in [-0.1, -0.05) is 54.7 Å². The number of likely N-dealkylation sites (N-methyl/N-ethyl adjacent to an activating group) is 1. The highest BCUT2D eigenvalue weighted by Gasteiger charge is 2.35. The Morgan fingerprint density at radius 3 is 2.75 bits per heavy atom. The van der Waals surface area contributed by atoms with Crippen molar-refractivity contribution in [2.45, 2.75) is 31.9 Å². The van der Waals surface area contributed by atoms with Crippen LogP contribution in [0.1, 0.15) is 38.8 Å². The predicted octanol–water partition coefficient (Wildman–Crippen LogP) is 3.92. The molecule has 10 heteroatoms. The molecule has 1 saturated heterocycles. The summed E-state index contributed by atoms with van der Waals surface area (Å²) in [4.78, 5) is 32.5. The maximum atomic E-state index is 13.1. The number of benzene rings is 2. The van der Waals surface area contributed by atoms with Crippen LogP contribution in [0.3, 0.4) is 0 Å². The number of H-pyrrole nitrogens is 1. The standard InChI is InChI=1S/C26H27N5O3S2/c1-3-20-22(35-24(28-20)16-8-5-4-6-9-16)15-34-18-11-7-10-17(12-18)23(32)27-21-14-31(2)13-19(21)25-29-30-26(33)36-25/h4-12,19,21H,3,13-15H2,1-2H3,(H,27,32)(H,30,33). The average molecular weight is 522 g/mol. The van der Waals surface area contributed by atoms with Crippen LogP contribution in [0.25, 0.3) is 10.6 Å². The summed E-state index contributed by atoms with van der Waals surface area (Å²) in [6.07, 6.45) is 0.826. The number of aryl methyl sites for hydroxylation is 1. The highest BCUT2D eigenvalue weighted by Crippen LogP contribution is 2.30. The van der Waals surface area contributed by atoms with Crippen molar-refractivity contribution in [3.63, 3.8) is 0 Å². The lowest BCUT2D eigenvalue weighted by Gasteiger charge is -2.18. The molecule has 8 nitrogen and oxygen atoms in total. The molecule has 2 unspecified atom stereocenters. The highest BCUT2D eigenvalue weighted by molar-refractivity contribution is 7.15. The van der Waals surface area contributed by atoms with Gasteiger partial charge in [-0.3, -0.25) is 9.59 Å². The third-order valence-corrected chi connectivity index (χ3v) is 8.19. The van der Waals surface area contributed by atoms with Crippen LogP contribution in [-0.2, 0) is 13.0 Å². The Morgan fingerprint density at radius 2 is 2.00 bits per heavy atom. The fourth-order valence-corrected chi connectivity index (χ4v) is 6.23. The predicted molar refractivity (Wildman–Crippen MR) is 142 cm³/mol. The second-order valence-corrected chi connectivity index (χ2v) is 10.9. The quantitative estimate of drug-likeness (QED) is 0.365. The number of aromatic amines is 1. The van der Waals surface area contributed by atoms with Crippen LogP contribution in [0.5, 0.6) is 5.75 Å². The van der Waals surface area contributed by atoms with Crippen LogP contribution in [-0.4, -0.2) is 52.2 Å². The van der Waals surface area contributed by atoms with Gasteiger partial charge in [-0.05, 0) is 31.7 Å². The Labute approximate surface area is 217 Å². The number of carbonyl (C=O) groups is 1. The molecule has 2 N–H and O–H groups in total. The van der Waals surface area contributed by atoms with Gasteiger partial charge in [0.05, 0.1) is 16.6 Å². The van der Waals surface area contributed by atoms with Crippen molar-refractivity contribution in [2.75, 3.05) is 20.1 Å². The molecule has 2 aromatic carbocycles. The second-order valence-electron chi connectivity index (χ2n) is 8.78. The fraction of sp³-hybridized carbons (Fsp3) is 0.308. The van der Waals surface area contributed by atoms with E-state index in [2.05, 4.69) is 39.5 Å². The Bertz CT molecular complexity index is 1400. The summed E-state index contributed by atoms with van der Waals surface area (Å²) >= 11 is 2.74. The number of hydrogen-bond acceptors (Lipinski definition) is 8. The molecule has 0 saturated carbocycles. The molecule has 36 heavy (non-hydrogen) atoms. The second kappa shape index (κ2) is 10.7. The summed E-state index contributed by atoms with van der Waals surface area (Å²) in [5, 5.41) is 11.5. The molecule has 4 aromatic rings. The van der Waals surface area contributed by atoms with E-state index in [0.717, 1.165) is 50.5 Å². The molecule has 0 bridgehead atoms. The number of nitrogens with zero attached hydrogens (tertiary/aromatic N) is 3. The van der Waals surface area contributed by atoms with Crippen molar-refractivity contribution < 1.29 is 9.53 Å². The highest BCUT2D eigenvalue weighted by atomic mass is 32.1. The number of amides is 1. The number of carbonyl (C=O) groups excluding carboxylic acids is 1. The Kier molecular flexibility index (Phi) is 7.26. The molecular weight excluding hydrogens is 494 g/mol. The molecule has 5 rings (SSSR count). The van der Waals surface area contributed by atoms with Gasteiger partial charge in [0.15, 0.2) is 0 Å². The smallest absolute Gasteiger partial charge is 0.322 e. The number of rotatable bonds is 8. The zero-order valence-corrected chi connectivity index (χ0v) is 21.7. The maximum absolute atomic E-state index is 13.1. The van der Waals surface area contributed by atoms with E-state index in [1.54, 1.807) is 23.5 Å². The molecule has 1 amide bonds. The van der Waals surface area contributed by atoms with Gasteiger partial charge in [-0.25, -0.2) is 10.1 Å². The summed E-state index contributed by atoms with van der Waals surface area (Å²) in [7, 11) is 2.00. The first-order valence-electron chi connectivity index (χ1n) is 11.8. The normalized spacial score (nSPS) is 17.8. The van der Waals surface area contributed by atoms with Crippen LogP contribution >= 0.6 is 22.7 Å². The summed E-state index contributed by atoms with van der Waals surface area (Å²) in [5.74, 6) is 0.428. The number of aromatic nitrogens is 3. The SMILES string of the molecule is CCc1nc(-c2ccccc2)sc1COc1cccc(C(=O)NC2CN(C)CC2c2n[nH]c(=O)s2)c1. The third kappa shape index (κ3) is 5.40. The van der Waals surface area contributed by atoms with Crippen LogP contribution in [0.2, 0.25) is 0 Å². The topological polar surface area (TPSA) is 100 Å². The van der Waals surface area contributed by atoms with E-state index in [9.17, 15) is 9.59 Å². The molecule has 2 aromatic heterocycles. The van der Waals surface area contributed by atoms with Gasteiger partial charge in [0.1, 0.15) is 22.4 Å². The number of ether oxygens (including phenoxy) is 1. The van der Waals surface area contributed by atoms with Crippen LogP contribution in [0, 0.1) is 0 Å². The summed E-state index contributed by atoms with van der Waals surface area (Å²) in [6.45, 7) is 3.91. The molecule has 186 valence electrons. The first-order chi connectivity index (χ1) is 17.5. The van der Waals surface area contributed by atoms with E-state index in [1.807, 2.05) is 37.4 Å². The van der Waals surface area contributed by atoms with Gasteiger partial charge < -0.3 is 15.0 Å². The first-order valence-corrected chi connectivity index (χ1v) is 13.4. The molecule has 1 aliphatic heterocycles. The molecule has 0 radical (unpaired) electrons. The Morgan fingerprint density at radius 1 is 1.17 bits per heavy atom. The van der Waals surface area contributed by atoms with E-state index in [4.69, 9.17) is 9.72 Å². The zero-order chi connectivity index (χ0) is 25.1. The van der Waals surface area contributed by atoms with Crippen molar-refractivity contribution in [3.05, 3.63) is 85.4 Å². The number of thiazole rings is 1. The molecular formula is C26H27N5O3S2.